The summed E-state index contributed by atoms with van der Waals surface area (Å²) >= 11 is 1.66. The van der Waals surface area contributed by atoms with Crippen molar-refractivity contribution in [1.82, 2.24) is 5.32 Å². The molecule has 0 aromatic heterocycles. The van der Waals surface area contributed by atoms with Gasteiger partial charge in [0.05, 0.1) is 10.8 Å². The van der Waals surface area contributed by atoms with Crippen LogP contribution in [0, 0.1) is 5.92 Å². The molecule has 3 unspecified atom stereocenters. The third-order valence-electron chi connectivity index (χ3n) is 5.31. The van der Waals surface area contributed by atoms with E-state index in [1.165, 1.54) is 11.1 Å². The molecule has 2 heterocycles. The first-order chi connectivity index (χ1) is 19.4. The lowest BCUT2D eigenvalue weighted by molar-refractivity contribution is -0.0980. The fourth-order valence-corrected chi connectivity index (χ4v) is 3.93. The van der Waals surface area contributed by atoms with Crippen molar-refractivity contribution in [3.8, 4) is 0 Å². The van der Waals surface area contributed by atoms with Gasteiger partial charge in [-0.15, -0.1) is 11.8 Å². The predicted octanol–water partition coefficient (Wildman–Crippen LogP) is 7.37. The molecule has 2 rings (SSSR count). The second kappa shape index (κ2) is 31.0. The predicted molar refractivity (Wildman–Crippen MR) is 180 cm³/mol. The van der Waals surface area contributed by atoms with Gasteiger partial charge < -0.3 is 20.1 Å². The lowest BCUT2D eigenvalue weighted by Crippen LogP contribution is -2.23. The van der Waals surface area contributed by atoms with Crippen LogP contribution in [0.15, 0.2) is 75.5 Å². The van der Waals surface area contributed by atoms with E-state index in [2.05, 4.69) is 85.1 Å². The molecule has 0 saturated heterocycles. The van der Waals surface area contributed by atoms with E-state index in [1.54, 1.807) is 24.9 Å². The molecule has 228 valence electrons. The van der Waals surface area contributed by atoms with E-state index in [0.29, 0.717) is 5.92 Å². The fraction of sp³-hybridized carbons (Fsp3) is 0.562. The summed E-state index contributed by atoms with van der Waals surface area (Å²) in [5.74, 6) is 0.442. The molecule has 0 spiro atoms. The molecule has 0 bridgehead atoms. The van der Waals surface area contributed by atoms with Crippen LogP contribution < -0.4 is 5.32 Å². The van der Waals surface area contributed by atoms with E-state index in [-0.39, 0.29) is 18.8 Å². The number of carbonyl (C=O) groups is 1. The third-order valence-corrected chi connectivity index (χ3v) is 6.04. The number of oxime groups is 1. The van der Waals surface area contributed by atoms with Gasteiger partial charge in [-0.25, -0.2) is 0 Å². The maximum Gasteiger partial charge on any atom is 0.132 e. The highest BCUT2D eigenvalue weighted by atomic mass is 32.2. The number of hydrogen-bond acceptors (Lipinski definition) is 8. The molecule has 0 aliphatic carbocycles. The lowest BCUT2D eigenvalue weighted by Gasteiger charge is -2.16. The largest absolute Gasteiger partial charge is 0.397 e. The summed E-state index contributed by atoms with van der Waals surface area (Å²) in [6.07, 6.45) is 21.3. The first-order valence-electron chi connectivity index (χ1n) is 14.2. The second-order valence-corrected chi connectivity index (χ2v) is 8.91. The molecule has 0 amide bonds. The fourth-order valence-electron chi connectivity index (χ4n) is 3.25. The zero-order valence-corrected chi connectivity index (χ0v) is 27.3. The van der Waals surface area contributed by atoms with Gasteiger partial charge in [-0.1, -0.05) is 89.7 Å². The average Bonchev–Trinajstić information content (AvgIpc) is 3.35. The van der Waals surface area contributed by atoms with Crippen LogP contribution in [0.5, 0.6) is 0 Å². The van der Waals surface area contributed by atoms with Crippen LogP contribution in [0.4, 0.5) is 0 Å². The van der Waals surface area contributed by atoms with E-state index in [0.717, 1.165) is 43.1 Å². The lowest BCUT2D eigenvalue weighted by atomic mass is 10.0. The van der Waals surface area contributed by atoms with E-state index >= 15 is 0 Å². The summed E-state index contributed by atoms with van der Waals surface area (Å²) in [7, 11) is 0. The highest BCUT2D eigenvalue weighted by Gasteiger charge is 2.24. The molecule has 0 aromatic carbocycles. The van der Waals surface area contributed by atoms with Gasteiger partial charge in [0.15, 0.2) is 0 Å². The zero-order valence-electron chi connectivity index (χ0n) is 26.5. The first-order valence-corrected chi connectivity index (χ1v) is 15.5. The molecule has 0 fully saturated rings. The van der Waals surface area contributed by atoms with Gasteiger partial charge in [-0.05, 0) is 56.6 Å². The van der Waals surface area contributed by atoms with Gasteiger partial charge in [0.25, 0.3) is 0 Å². The molecule has 8 heteroatoms. The maximum absolute atomic E-state index is 8.00. The third kappa shape index (κ3) is 19.5. The molecular formula is C32H56N4O3S. The van der Waals surface area contributed by atoms with Gasteiger partial charge in [-0.2, -0.15) is 0 Å². The van der Waals surface area contributed by atoms with Crippen LogP contribution in [0.3, 0.4) is 0 Å². The molecule has 2 aliphatic rings. The Morgan fingerprint density at radius 1 is 1.30 bits per heavy atom. The van der Waals surface area contributed by atoms with Gasteiger partial charge in [0.1, 0.15) is 18.9 Å². The van der Waals surface area contributed by atoms with E-state index in [4.69, 9.17) is 14.7 Å². The Morgan fingerprint density at radius 3 is 2.42 bits per heavy atom. The minimum Gasteiger partial charge on any atom is -0.397 e. The van der Waals surface area contributed by atoms with Crippen LogP contribution >= 0.6 is 11.8 Å². The van der Waals surface area contributed by atoms with Crippen LogP contribution in [0.25, 0.3) is 0 Å². The second-order valence-electron chi connectivity index (χ2n) is 8.12. The first kappa shape index (κ1) is 41.9. The number of carbonyl (C=O) groups excluding carboxylic acids is 1. The standard InChI is InChI=1S/C14H24N2S.C13H18N2O.C2H6O.C2H6.CH2O/c1-6-9-10-13(12(4)11-15-7-2)14(17-5)16-8-3;1-3-10-6-5-7-12(14-9-10)13-8-11(4-2)16-15-13;1-2-3;2*1-2/h6,8-10,12,15H,3,7,11H2,1-2,4-5H3;5-7,9,11-12H,3-4,8H2,1-2H3;3H,2H2,1H3;1-2H3;1H2/b9-6-,13-10+,16-14?;;;;. The molecular weight excluding hydrogens is 520 g/mol. The van der Waals surface area contributed by atoms with Gasteiger partial charge >= 0.3 is 0 Å². The number of nitrogens with one attached hydrogen (secondary N) is 1. The number of hydrogen-bond donors (Lipinski definition) is 2. The average molecular weight is 577 g/mol. The Bertz CT molecular complexity index is 845. The maximum atomic E-state index is 8.00. The van der Waals surface area contributed by atoms with Crippen LogP contribution in [-0.4, -0.2) is 67.0 Å². The molecule has 0 radical (unpaired) electrons. The van der Waals surface area contributed by atoms with Crippen molar-refractivity contribution >= 4 is 35.5 Å². The number of aliphatic hydroxyl groups excluding tert-OH is 1. The Labute approximate surface area is 249 Å². The molecule has 40 heavy (non-hydrogen) atoms. The summed E-state index contributed by atoms with van der Waals surface area (Å²) in [6, 6.07) is 0.0665. The van der Waals surface area contributed by atoms with E-state index < -0.39 is 0 Å². The minimum atomic E-state index is 0.0665. The molecule has 0 aromatic rings. The molecule has 2 aliphatic heterocycles. The van der Waals surface area contributed by atoms with Crippen LogP contribution in [0.2, 0.25) is 0 Å². The number of allylic oxidation sites excluding steroid dienone is 6. The van der Waals surface area contributed by atoms with Crippen molar-refractivity contribution in [2.45, 2.75) is 86.8 Å². The van der Waals surface area contributed by atoms with Gasteiger partial charge in [0, 0.05) is 32.0 Å². The number of thioether (sulfide) groups is 1. The molecule has 2 N–H and O–H groups in total. The highest BCUT2D eigenvalue weighted by Crippen LogP contribution is 2.20. The number of nitrogens with zero attached hydrogens (tertiary/aromatic N) is 3. The van der Waals surface area contributed by atoms with Crippen molar-refractivity contribution in [2.24, 2.45) is 21.1 Å². The topological polar surface area (TPSA) is 95.6 Å². The van der Waals surface area contributed by atoms with Crippen molar-refractivity contribution in [3.63, 3.8) is 0 Å². The zero-order chi connectivity index (χ0) is 31.2. The SMILES string of the molecule is C=CN=C(SC)/C(=C/C=C\C)C(C)CNCC.C=O.CC.CCC1=CC=CC(C2=NOC(CC)C2)N=C1.CCO. The number of aliphatic hydroxyl groups is 1. The Hall–Kier alpha value is -2.55. The highest BCUT2D eigenvalue weighted by molar-refractivity contribution is 8.13. The Morgan fingerprint density at radius 2 is 1.95 bits per heavy atom. The smallest absolute Gasteiger partial charge is 0.132 e. The van der Waals surface area contributed by atoms with E-state index in [9.17, 15) is 0 Å². The molecule has 0 saturated carbocycles. The van der Waals surface area contributed by atoms with Gasteiger partial charge in [0.2, 0.25) is 0 Å². The number of rotatable bonds is 10. The quantitative estimate of drug-likeness (QED) is 0.161. The van der Waals surface area contributed by atoms with Crippen LogP contribution in [0.1, 0.15) is 74.7 Å². The number of aliphatic imine (C=N–C) groups is 2. The monoisotopic (exact) mass is 576 g/mol. The Balaban J connectivity index is -0.000000559. The Kier molecular flexibility index (Phi) is 32.5. The summed E-state index contributed by atoms with van der Waals surface area (Å²) in [5, 5.41) is 16.1. The van der Waals surface area contributed by atoms with Crippen molar-refractivity contribution in [2.75, 3.05) is 26.0 Å². The van der Waals surface area contributed by atoms with Crippen LogP contribution in [-0.2, 0) is 9.63 Å². The summed E-state index contributed by atoms with van der Waals surface area (Å²) in [6.45, 7) is 24.2. The summed E-state index contributed by atoms with van der Waals surface area (Å²) in [5.41, 5.74) is 3.56. The summed E-state index contributed by atoms with van der Waals surface area (Å²) in [4.78, 5) is 22.2. The van der Waals surface area contributed by atoms with Crippen molar-refractivity contribution < 1.29 is 14.7 Å². The van der Waals surface area contributed by atoms with Crippen molar-refractivity contribution in [1.29, 1.82) is 0 Å². The molecule has 3 atom stereocenters. The normalized spacial score (nSPS) is 18.6. The van der Waals surface area contributed by atoms with E-state index in [1.807, 2.05) is 46.1 Å². The van der Waals surface area contributed by atoms with Gasteiger partial charge in [-0.3, -0.25) is 9.98 Å². The van der Waals surface area contributed by atoms with Crippen molar-refractivity contribution in [3.05, 3.63) is 60.4 Å². The molecule has 7 nitrogen and oxygen atoms in total. The summed E-state index contributed by atoms with van der Waals surface area (Å²) < 4.78 is 0. The minimum absolute atomic E-state index is 0.0665.